The number of carbonyl (C=O) groups excluding carboxylic acids is 1. The third-order valence-electron chi connectivity index (χ3n) is 6.46. The fourth-order valence-electron chi connectivity index (χ4n) is 4.01. The Morgan fingerprint density at radius 2 is 2.14 bits per heavy atom. The van der Waals surface area contributed by atoms with Crippen molar-refractivity contribution in [1.29, 1.82) is 0 Å². The van der Waals surface area contributed by atoms with Gasteiger partial charge < -0.3 is 20.1 Å². The van der Waals surface area contributed by atoms with E-state index in [1.807, 2.05) is 29.6 Å². The molecule has 0 radical (unpaired) electrons. The number of hydrogen-bond donors (Lipinski definition) is 2. The molecule has 0 unspecified atom stereocenters. The second kappa shape index (κ2) is 10.2. The van der Waals surface area contributed by atoms with Gasteiger partial charge in [-0.2, -0.15) is 0 Å². The number of thiazole rings is 1. The highest BCUT2D eigenvalue weighted by Gasteiger charge is 2.34. The van der Waals surface area contributed by atoms with Crippen molar-refractivity contribution in [3.05, 3.63) is 69.8 Å². The fraction of sp³-hybridized carbons (Fsp3) is 0.385. The van der Waals surface area contributed by atoms with Crippen LogP contribution in [0.5, 0.6) is 5.75 Å². The molecule has 1 amide bonds. The van der Waals surface area contributed by atoms with Gasteiger partial charge in [-0.3, -0.25) is 4.79 Å². The topological polar surface area (TPSA) is 97.5 Å². The van der Waals surface area contributed by atoms with Crippen molar-refractivity contribution in [3.63, 3.8) is 0 Å². The first-order chi connectivity index (χ1) is 17.4. The molecule has 2 N–H and O–H groups in total. The molecule has 0 atom stereocenters. The zero-order chi connectivity index (χ0) is 25.1. The Bertz CT molecular complexity index is 1300. The maximum absolute atomic E-state index is 12.6. The van der Waals surface area contributed by atoms with Gasteiger partial charge in [0.15, 0.2) is 5.13 Å². The van der Waals surface area contributed by atoms with Crippen LogP contribution in [0.2, 0.25) is 0 Å². The van der Waals surface area contributed by atoms with Crippen LogP contribution in [0.25, 0.3) is 11.3 Å². The van der Waals surface area contributed by atoms with Crippen molar-refractivity contribution in [2.75, 3.05) is 38.7 Å². The van der Waals surface area contributed by atoms with Gasteiger partial charge in [0.25, 0.3) is 5.91 Å². The summed E-state index contributed by atoms with van der Waals surface area (Å²) in [6.07, 6.45) is 6.24. The van der Waals surface area contributed by atoms with Crippen LogP contribution in [0.4, 0.5) is 5.13 Å². The summed E-state index contributed by atoms with van der Waals surface area (Å²) in [6, 6.07) is 9.60. The first-order valence-electron chi connectivity index (χ1n) is 12.0. The van der Waals surface area contributed by atoms with Crippen LogP contribution in [0.1, 0.15) is 36.5 Å². The minimum atomic E-state index is -0.228. The van der Waals surface area contributed by atoms with Gasteiger partial charge in [0.2, 0.25) is 7.05 Å². The number of carbonyl (C=O) groups is 1. The van der Waals surface area contributed by atoms with Gasteiger partial charge in [0.05, 0.1) is 54.9 Å². The third-order valence-corrected chi connectivity index (χ3v) is 7.21. The standard InChI is InChI=1S/C26H29N5O4S/c1-26(15-34-16-26)17-35-21-8-4-7-19(11-21)23-14-36-25(29-23)28-22(18-5-3-6-18)12-27-24(32)20-9-10-31(13-20)30(2)33/h4,7-11,13-14H,3,5-6,12,15-17H2,1-2H3,(H-,27,28,29,32)/p+1. The number of hydrogen-bond acceptors (Lipinski definition) is 7. The summed E-state index contributed by atoms with van der Waals surface area (Å²) in [6.45, 7) is 4.62. The number of nitrogens with zero attached hydrogens (tertiary/aromatic N) is 3. The quantitative estimate of drug-likeness (QED) is 0.392. The first-order valence-corrected chi connectivity index (χ1v) is 12.9. The summed E-state index contributed by atoms with van der Waals surface area (Å²) in [5, 5.41) is 9.20. The second-order valence-electron chi connectivity index (χ2n) is 9.65. The Kier molecular flexibility index (Phi) is 6.88. The molecule has 1 saturated heterocycles. The van der Waals surface area contributed by atoms with E-state index in [1.54, 1.807) is 12.3 Å². The Morgan fingerprint density at radius 3 is 2.81 bits per heavy atom. The van der Waals surface area contributed by atoms with Crippen LogP contribution < -0.4 is 15.4 Å². The van der Waals surface area contributed by atoms with E-state index in [9.17, 15) is 9.70 Å². The Hall–Kier alpha value is -3.50. The van der Waals surface area contributed by atoms with E-state index in [1.165, 1.54) is 34.8 Å². The van der Waals surface area contributed by atoms with E-state index in [4.69, 9.17) is 14.5 Å². The molecule has 5 rings (SSSR count). The lowest BCUT2D eigenvalue weighted by atomic mass is 9.90. The van der Waals surface area contributed by atoms with Crippen LogP contribution >= 0.6 is 11.3 Å². The molecule has 0 bridgehead atoms. The monoisotopic (exact) mass is 508 g/mol. The van der Waals surface area contributed by atoms with Crippen LogP contribution in [-0.2, 0) is 4.74 Å². The molecule has 1 aromatic carbocycles. The first kappa shape index (κ1) is 24.2. The molecule has 3 aromatic rings. The average Bonchev–Trinajstić information content (AvgIpc) is 3.49. The van der Waals surface area contributed by atoms with E-state index in [0.717, 1.165) is 60.3 Å². The Labute approximate surface area is 213 Å². The van der Waals surface area contributed by atoms with Crippen LogP contribution in [0, 0.1) is 10.3 Å². The maximum Gasteiger partial charge on any atom is 0.253 e. The smallest absolute Gasteiger partial charge is 0.253 e. The van der Waals surface area contributed by atoms with Gasteiger partial charge in [-0.15, -0.1) is 11.3 Å². The summed E-state index contributed by atoms with van der Waals surface area (Å²) in [5.41, 5.74) is 4.66. The van der Waals surface area contributed by atoms with Gasteiger partial charge in [-0.05, 0) is 43.0 Å². The second-order valence-corrected chi connectivity index (χ2v) is 10.5. The van der Waals surface area contributed by atoms with E-state index >= 15 is 0 Å². The number of anilines is 1. The Balaban J connectivity index is 1.22. The SMILES string of the molecule is C[N+](=O)n1ccc(C(=O)NCC(Nc2nc(-c3cccc(OCC4(C)COC4)c3)cs2)=C2CCC2)c1. The minimum Gasteiger partial charge on any atom is -0.493 e. The summed E-state index contributed by atoms with van der Waals surface area (Å²) >= 11 is 1.53. The number of nitrogens with one attached hydrogen (secondary N) is 2. The lowest BCUT2D eigenvalue weighted by molar-refractivity contribution is -0.578. The Morgan fingerprint density at radius 1 is 1.31 bits per heavy atom. The number of rotatable bonds is 10. The number of ether oxygens (including phenoxy) is 2. The van der Waals surface area contributed by atoms with Gasteiger partial charge in [0, 0.05) is 22.1 Å². The molecule has 0 spiro atoms. The molecule has 9 nitrogen and oxygen atoms in total. The molecule has 1 aliphatic carbocycles. The summed E-state index contributed by atoms with van der Waals surface area (Å²) < 4.78 is 12.6. The fourth-order valence-corrected chi connectivity index (χ4v) is 4.75. The molecule has 1 saturated carbocycles. The minimum absolute atomic E-state index is 0.0882. The lowest BCUT2D eigenvalue weighted by Gasteiger charge is -2.37. The van der Waals surface area contributed by atoms with Gasteiger partial charge in [0.1, 0.15) is 10.6 Å². The molecular formula is C26H30N5O4S+. The van der Waals surface area contributed by atoms with Crippen molar-refractivity contribution >= 4 is 22.4 Å². The van der Waals surface area contributed by atoms with Crippen molar-refractivity contribution in [2.24, 2.45) is 5.41 Å². The van der Waals surface area contributed by atoms with Crippen molar-refractivity contribution in [3.8, 4) is 17.0 Å². The predicted molar refractivity (Wildman–Crippen MR) is 138 cm³/mol. The van der Waals surface area contributed by atoms with Crippen LogP contribution in [0.15, 0.2) is 59.4 Å². The number of nitroso groups, excluding NO2 is 1. The van der Waals surface area contributed by atoms with Gasteiger partial charge >= 0.3 is 0 Å². The van der Waals surface area contributed by atoms with Gasteiger partial charge in [-0.25, -0.2) is 4.98 Å². The third kappa shape index (κ3) is 5.50. The van der Waals surface area contributed by atoms with E-state index < -0.39 is 0 Å². The number of aromatic nitrogens is 2. The highest BCUT2D eigenvalue weighted by molar-refractivity contribution is 7.14. The van der Waals surface area contributed by atoms with E-state index in [0.29, 0.717) is 23.6 Å². The summed E-state index contributed by atoms with van der Waals surface area (Å²) in [5.74, 6) is 0.592. The molecule has 2 aliphatic rings. The molecular weight excluding hydrogens is 478 g/mol. The van der Waals surface area contributed by atoms with Crippen molar-refractivity contribution in [1.82, 2.24) is 15.0 Å². The summed E-state index contributed by atoms with van der Waals surface area (Å²) in [7, 11) is 1.38. The number of benzene rings is 1. The molecule has 2 fully saturated rings. The van der Waals surface area contributed by atoms with Crippen molar-refractivity contribution in [2.45, 2.75) is 26.2 Å². The average molecular weight is 509 g/mol. The van der Waals surface area contributed by atoms with Crippen molar-refractivity contribution < 1.29 is 19.1 Å². The normalized spacial score (nSPS) is 16.0. The van der Waals surface area contributed by atoms with Crippen LogP contribution in [-0.4, -0.2) is 53.8 Å². The molecule has 188 valence electrons. The highest BCUT2D eigenvalue weighted by Crippen LogP contribution is 2.33. The number of allylic oxidation sites excluding steroid dienone is 1. The zero-order valence-electron chi connectivity index (χ0n) is 20.5. The molecule has 3 heterocycles. The number of amides is 1. The van der Waals surface area contributed by atoms with Crippen LogP contribution in [0.3, 0.4) is 0 Å². The molecule has 36 heavy (non-hydrogen) atoms. The predicted octanol–water partition coefficient (Wildman–Crippen LogP) is 4.48. The maximum atomic E-state index is 12.6. The van der Waals surface area contributed by atoms with Gasteiger partial charge in [-0.1, -0.05) is 23.7 Å². The summed E-state index contributed by atoms with van der Waals surface area (Å²) in [4.78, 5) is 29.5. The molecule has 2 aromatic heterocycles. The van der Waals surface area contributed by atoms with E-state index in [-0.39, 0.29) is 11.3 Å². The van der Waals surface area contributed by atoms with E-state index in [2.05, 4.69) is 17.6 Å². The molecule has 1 aliphatic heterocycles. The lowest BCUT2D eigenvalue weighted by Crippen LogP contribution is -2.44. The zero-order valence-corrected chi connectivity index (χ0v) is 21.3. The highest BCUT2D eigenvalue weighted by atomic mass is 32.1. The largest absolute Gasteiger partial charge is 0.493 e. The molecule has 10 heteroatoms.